The Kier molecular flexibility index (Phi) is 4.79. The number of nitriles is 1. The first-order chi connectivity index (χ1) is 13.2. The Hall–Kier alpha value is -2.89. The molecule has 4 N–H and O–H groups in total. The van der Waals surface area contributed by atoms with Crippen LogP contribution >= 0.6 is 11.3 Å². The number of carbonyl (C=O) groups is 1. The summed E-state index contributed by atoms with van der Waals surface area (Å²) in [5.74, 6) is 0.396. The highest BCUT2D eigenvalue weighted by Gasteiger charge is 2.22. The van der Waals surface area contributed by atoms with Crippen molar-refractivity contribution in [3.05, 3.63) is 46.3 Å². The van der Waals surface area contributed by atoms with Crippen molar-refractivity contribution < 1.29 is 4.79 Å². The first-order valence-electron chi connectivity index (χ1n) is 8.94. The molecule has 138 valence electrons. The zero-order chi connectivity index (χ0) is 18.8. The lowest BCUT2D eigenvalue weighted by molar-refractivity contribution is 0.102. The van der Waals surface area contributed by atoms with Crippen molar-refractivity contribution in [2.75, 3.05) is 10.6 Å². The van der Waals surface area contributed by atoms with E-state index in [2.05, 4.69) is 21.8 Å². The number of nitrogens with two attached hydrogens (primary N) is 1. The zero-order valence-corrected chi connectivity index (χ0v) is 15.5. The van der Waals surface area contributed by atoms with Crippen molar-refractivity contribution in [1.29, 1.82) is 5.26 Å². The van der Waals surface area contributed by atoms with Gasteiger partial charge in [0.2, 0.25) is 0 Å². The maximum Gasteiger partial charge on any atom is 0.274 e. The number of thiophene rings is 1. The van der Waals surface area contributed by atoms with Crippen LogP contribution in [0.2, 0.25) is 0 Å². The fraction of sp³-hybridized carbons (Fsp3) is 0.316. The Balaban J connectivity index is 1.58. The molecule has 27 heavy (non-hydrogen) atoms. The average Bonchev–Trinajstić information content (AvgIpc) is 3.29. The molecule has 1 amide bonds. The summed E-state index contributed by atoms with van der Waals surface area (Å²) in [6, 6.07) is 9.79. The van der Waals surface area contributed by atoms with Crippen LogP contribution in [0.4, 0.5) is 11.5 Å². The molecule has 0 bridgehead atoms. The van der Waals surface area contributed by atoms with Crippen molar-refractivity contribution >= 4 is 34.3 Å². The lowest BCUT2D eigenvalue weighted by Crippen LogP contribution is -2.42. The van der Waals surface area contributed by atoms with Gasteiger partial charge in [0.25, 0.3) is 5.91 Å². The SMILES string of the molecule is N#Cc1cscc1NC(=O)c1ccc2ccc(N[C@@H]3CCCC[C@@H]3N)nn12. The quantitative estimate of drug-likeness (QED) is 0.644. The van der Waals surface area contributed by atoms with Gasteiger partial charge < -0.3 is 16.4 Å². The van der Waals surface area contributed by atoms with Gasteiger partial charge in [-0.15, -0.1) is 16.4 Å². The smallest absolute Gasteiger partial charge is 0.274 e. The third kappa shape index (κ3) is 3.52. The molecule has 8 heteroatoms. The largest absolute Gasteiger partial charge is 0.364 e. The normalized spacial score (nSPS) is 19.6. The molecule has 2 atom stereocenters. The summed E-state index contributed by atoms with van der Waals surface area (Å²) in [5.41, 5.74) is 8.42. The fourth-order valence-corrected chi connectivity index (χ4v) is 4.14. The summed E-state index contributed by atoms with van der Waals surface area (Å²) in [4.78, 5) is 12.7. The number of nitrogens with one attached hydrogen (secondary N) is 2. The van der Waals surface area contributed by atoms with Gasteiger partial charge in [0.05, 0.1) is 16.8 Å². The number of hydrogen-bond donors (Lipinski definition) is 3. The number of fused-ring (bicyclic) bond motifs is 1. The van der Waals surface area contributed by atoms with E-state index in [0.29, 0.717) is 22.8 Å². The minimum Gasteiger partial charge on any atom is -0.364 e. The minimum absolute atomic E-state index is 0.117. The molecule has 0 spiro atoms. The molecule has 7 nitrogen and oxygen atoms in total. The van der Waals surface area contributed by atoms with Crippen LogP contribution in [0.3, 0.4) is 0 Å². The third-order valence-electron chi connectivity index (χ3n) is 4.92. The van der Waals surface area contributed by atoms with Gasteiger partial charge in [0.1, 0.15) is 17.6 Å². The number of rotatable bonds is 4. The molecule has 0 aliphatic heterocycles. The fourth-order valence-electron chi connectivity index (χ4n) is 3.43. The summed E-state index contributed by atoms with van der Waals surface area (Å²) in [6.45, 7) is 0. The summed E-state index contributed by atoms with van der Waals surface area (Å²) in [6.07, 6.45) is 4.36. The van der Waals surface area contributed by atoms with E-state index in [1.807, 2.05) is 18.2 Å². The maximum atomic E-state index is 12.7. The molecule has 1 aliphatic carbocycles. The predicted octanol–water partition coefficient (Wildman–Crippen LogP) is 3.20. The number of nitrogens with zero attached hydrogens (tertiary/aromatic N) is 3. The summed E-state index contributed by atoms with van der Waals surface area (Å²) >= 11 is 1.37. The number of hydrogen-bond acceptors (Lipinski definition) is 6. The highest BCUT2D eigenvalue weighted by Crippen LogP contribution is 2.23. The molecule has 0 radical (unpaired) electrons. The maximum absolute atomic E-state index is 12.7. The van der Waals surface area contributed by atoms with Crippen LogP contribution in [0.1, 0.15) is 41.7 Å². The highest BCUT2D eigenvalue weighted by atomic mass is 32.1. The molecular formula is C19H20N6OS. The molecule has 1 saturated carbocycles. The molecule has 3 aromatic heterocycles. The van der Waals surface area contributed by atoms with Gasteiger partial charge in [-0.3, -0.25) is 4.79 Å². The van der Waals surface area contributed by atoms with Crippen molar-refractivity contribution in [3.8, 4) is 6.07 Å². The van der Waals surface area contributed by atoms with Crippen molar-refractivity contribution in [2.45, 2.75) is 37.8 Å². The monoisotopic (exact) mass is 380 g/mol. The lowest BCUT2D eigenvalue weighted by atomic mass is 9.91. The number of amides is 1. The van der Waals surface area contributed by atoms with E-state index >= 15 is 0 Å². The molecular weight excluding hydrogens is 360 g/mol. The van der Waals surface area contributed by atoms with E-state index in [1.54, 1.807) is 21.3 Å². The van der Waals surface area contributed by atoms with Crippen molar-refractivity contribution in [3.63, 3.8) is 0 Å². The number of anilines is 2. The van der Waals surface area contributed by atoms with E-state index in [1.165, 1.54) is 17.8 Å². The standard InChI is InChI=1S/C19H20N6OS/c20-9-12-10-27-11-16(12)23-19(26)17-7-5-13-6-8-18(24-25(13)17)22-15-4-2-1-3-14(15)21/h5-8,10-11,14-15H,1-4,21H2,(H,22,24)(H,23,26)/t14-,15+/m0/s1. The van der Waals surface area contributed by atoms with Crippen LogP contribution in [0.5, 0.6) is 0 Å². The molecule has 1 aliphatic rings. The van der Waals surface area contributed by atoms with E-state index in [0.717, 1.165) is 24.8 Å². The van der Waals surface area contributed by atoms with Gasteiger partial charge >= 0.3 is 0 Å². The topological polar surface area (TPSA) is 108 Å². The molecule has 0 aromatic carbocycles. The predicted molar refractivity (Wildman–Crippen MR) is 106 cm³/mol. The van der Waals surface area contributed by atoms with E-state index in [-0.39, 0.29) is 18.0 Å². The molecule has 3 heterocycles. The van der Waals surface area contributed by atoms with E-state index < -0.39 is 0 Å². The van der Waals surface area contributed by atoms with Gasteiger partial charge in [0, 0.05) is 22.8 Å². The summed E-state index contributed by atoms with van der Waals surface area (Å²) in [5, 5.41) is 23.3. The Bertz CT molecular complexity index is 1020. The van der Waals surface area contributed by atoms with Crippen LogP contribution in [-0.2, 0) is 0 Å². The second kappa shape index (κ2) is 7.39. The Morgan fingerprint density at radius 2 is 2.07 bits per heavy atom. The second-order valence-electron chi connectivity index (χ2n) is 6.74. The molecule has 0 saturated heterocycles. The van der Waals surface area contributed by atoms with Crippen LogP contribution in [0, 0.1) is 11.3 Å². The second-order valence-corrected chi connectivity index (χ2v) is 7.48. The van der Waals surface area contributed by atoms with Crippen molar-refractivity contribution in [2.24, 2.45) is 5.73 Å². The molecule has 0 unspecified atom stereocenters. The van der Waals surface area contributed by atoms with Crippen LogP contribution in [0.15, 0.2) is 35.0 Å². The summed E-state index contributed by atoms with van der Waals surface area (Å²) < 4.78 is 1.62. The zero-order valence-electron chi connectivity index (χ0n) is 14.7. The first kappa shape index (κ1) is 17.5. The Morgan fingerprint density at radius 1 is 1.26 bits per heavy atom. The minimum atomic E-state index is -0.302. The highest BCUT2D eigenvalue weighted by molar-refractivity contribution is 7.08. The van der Waals surface area contributed by atoms with Gasteiger partial charge in [0.15, 0.2) is 0 Å². The lowest BCUT2D eigenvalue weighted by Gasteiger charge is -2.29. The van der Waals surface area contributed by atoms with Crippen molar-refractivity contribution in [1.82, 2.24) is 9.61 Å². The Labute approximate surface area is 160 Å². The summed E-state index contributed by atoms with van der Waals surface area (Å²) in [7, 11) is 0. The van der Waals surface area contributed by atoms with Crippen LogP contribution in [-0.4, -0.2) is 27.6 Å². The first-order valence-corrected chi connectivity index (χ1v) is 9.88. The van der Waals surface area contributed by atoms with E-state index in [9.17, 15) is 4.79 Å². The average molecular weight is 380 g/mol. The van der Waals surface area contributed by atoms with E-state index in [4.69, 9.17) is 11.0 Å². The van der Waals surface area contributed by atoms with Gasteiger partial charge in [-0.1, -0.05) is 12.8 Å². The van der Waals surface area contributed by atoms with Gasteiger partial charge in [-0.05, 0) is 37.1 Å². The molecule has 4 rings (SSSR count). The number of carbonyl (C=O) groups excluding carboxylic acids is 1. The van der Waals surface area contributed by atoms with Gasteiger partial charge in [-0.25, -0.2) is 4.52 Å². The third-order valence-corrected chi connectivity index (χ3v) is 5.66. The number of aromatic nitrogens is 2. The van der Waals surface area contributed by atoms with Gasteiger partial charge in [-0.2, -0.15) is 5.26 Å². The Morgan fingerprint density at radius 3 is 2.89 bits per heavy atom. The molecule has 1 fully saturated rings. The molecule has 3 aromatic rings. The van der Waals surface area contributed by atoms with Crippen LogP contribution < -0.4 is 16.4 Å². The van der Waals surface area contributed by atoms with Crippen LogP contribution in [0.25, 0.3) is 5.52 Å².